The Morgan fingerprint density at radius 3 is 2.94 bits per heavy atom. The number of aromatic amines is 1. The van der Waals surface area contributed by atoms with Gasteiger partial charge in [-0.3, -0.25) is 4.79 Å². The van der Waals surface area contributed by atoms with Gasteiger partial charge in [-0.2, -0.15) is 0 Å². The number of hydrogen-bond acceptors (Lipinski definition) is 3. The van der Waals surface area contributed by atoms with E-state index in [1.165, 1.54) is 32.1 Å². The predicted molar refractivity (Wildman–Crippen MR) is 73.9 cm³/mol. The van der Waals surface area contributed by atoms with Gasteiger partial charge in [0.1, 0.15) is 11.6 Å². The van der Waals surface area contributed by atoms with E-state index in [4.69, 9.17) is 0 Å². The van der Waals surface area contributed by atoms with E-state index in [1.807, 2.05) is 6.92 Å². The monoisotopic (exact) mass is 249 g/mol. The summed E-state index contributed by atoms with van der Waals surface area (Å²) in [6.45, 7) is 4.28. The van der Waals surface area contributed by atoms with Crippen molar-refractivity contribution in [2.24, 2.45) is 5.92 Å². The second kappa shape index (κ2) is 6.03. The van der Waals surface area contributed by atoms with Crippen LogP contribution in [0.25, 0.3) is 0 Å². The van der Waals surface area contributed by atoms with Crippen LogP contribution in [0.15, 0.2) is 10.9 Å². The highest BCUT2D eigenvalue weighted by Crippen LogP contribution is 2.25. The Labute approximate surface area is 108 Å². The second-order valence-electron chi connectivity index (χ2n) is 5.30. The first-order chi connectivity index (χ1) is 8.69. The summed E-state index contributed by atoms with van der Waals surface area (Å²) in [5.74, 6) is 2.14. The number of aryl methyl sites for hydroxylation is 1. The average Bonchev–Trinajstić information content (AvgIpc) is 2.54. The van der Waals surface area contributed by atoms with E-state index in [-0.39, 0.29) is 5.56 Å². The Balaban J connectivity index is 2.12. The lowest BCUT2D eigenvalue weighted by atomic mass is 9.97. The molecule has 2 atom stereocenters. The molecule has 0 bridgehead atoms. The van der Waals surface area contributed by atoms with Crippen LogP contribution in [0, 0.1) is 5.92 Å². The fraction of sp³-hybridized carbons (Fsp3) is 0.714. The predicted octanol–water partition coefficient (Wildman–Crippen LogP) is 2.71. The molecule has 1 fully saturated rings. The van der Waals surface area contributed by atoms with Gasteiger partial charge in [-0.05, 0) is 18.8 Å². The average molecular weight is 249 g/mol. The van der Waals surface area contributed by atoms with Crippen LogP contribution in [-0.2, 0) is 6.42 Å². The Morgan fingerprint density at radius 2 is 2.17 bits per heavy atom. The molecule has 1 aromatic rings. The SMILES string of the molecule is CCc1nc(NC2CCCCCC2C)cc(=O)[nH]1. The summed E-state index contributed by atoms with van der Waals surface area (Å²) in [6, 6.07) is 2.02. The minimum Gasteiger partial charge on any atom is -0.367 e. The summed E-state index contributed by atoms with van der Waals surface area (Å²) < 4.78 is 0. The van der Waals surface area contributed by atoms with Crippen LogP contribution in [0.1, 0.15) is 51.8 Å². The van der Waals surface area contributed by atoms with Gasteiger partial charge >= 0.3 is 0 Å². The van der Waals surface area contributed by atoms with Gasteiger partial charge in [0.05, 0.1) is 0 Å². The lowest BCUT2D eigenvalue weighted by molar-refractivity contribution is 0.455. The number of nitrogens with one attached hydrogen (secondary N) is 2. The lowest BCUT2D eigenvalue weighted by Gasteiger charge is -2.23. The molecule has 0 aliphatic heterocycles. The van der Waals surface area contributed by atoms with Gasteiger partial charge in [0.25, 0.3) is 5.56 Å². The highest BCUT2D eigenvalue weighted by atomic mass is 16.1. The van der Waals surface area contributed by atoms with Gasteiger partial charge in [-0.25, -0.2) is 4.98 Å². The fourth-order valence-corrected chi connectivity index (χ4v) is 2.65. The highest BCUT2D eigenvalue weighted by Gasteiger charge is 2.20. The number of nitrogens with zero attached hydrogens (tertiary/aromatic N) is 1. The van der Waals surface area contributed by atoms with Crippen molar-refractivity contribution >= 4 is 5.82 Å². The van der Waals surface area contributed by atoms with Crippen LogP contribution in [0.2, 0.25) is 0 Å². The Bertz CT molecular complexity index is 441. The first kappa shape index (κ1) is 13.1. The number of anilines is 1. The second-order valence-corrected chi connectivity index (χ2v) is 5.30. The zero-order chi connectivity index (χ0) is 13.0. The van der Waals surface area contributed by atoms with Gasteiger partial charge in [-0.1, -0.05) is 33.1 Å². The normalized spacial score (nSPS) is 24.6. The molecule has 0 aromatic carbocycles. The molecule has 2 rings (SSSR count). The van der Waals surface area contributed by atoms with Crippen LogP contribution >= 0.6 is 0 Å². The van der Waals surface area contributed by atoms with E-state index in [1.54, 1.807) is 6.07 Å². The van der Waals surface area contributed by atoms with Gasteiger partial charge in [0.15, 0.2) is 0 Å². The standard InChI is InChI=1S/C14H23N3O/c1-3-12-16-13(9-14(18)17-12)15-11-8-6-4-5-7-10(11)2/h9-11H,3-8H2,1-2H3,(H2,15,16,17,18). The van der Waals surface area contributed by atoms with E-state index < -0.39 is 0 Å². The van der Waals surface area contributed by atoms with E-state index in [0.29, 0.717) is 12.0 Å². The zero-order valence-electron chi connectivity index (χ0n) is 11.3. The third-order valence-electron chi connectivity index (χ3n) is 3.82. The van der Waals surface area contributed by atoms with Gasteiger partial charge in [0, 0.05) is 18.5 Å². The third-order valence-corrected chi connectivity index (χ3v) is 3.82. The quantitative estimate of drug-likeness (QED) is 0.810. The first-order valence-electron chi connectivity index (χ1n) is 7.06. The Kier molecular flexibility index (Phi) is 4.39. The van der Waals surface area contributed by atoms with Crippen molar-refractivity contribution in [3.8, 4) is 0 Å². The smallest absolute Gasteiger partial charge is 0.252 e. The van der Waals surface area contributed by atoms with Crippen LogP contribution in [0.4, 0.5) is 5.82 Å². The van der Waals surface area contributed by atoms with E-state index in [9.17, 15) is 4.79 Å². The van der Waals surface area contributed by atoms with Crippen LogP contribution < -0.4 is 10.9 Å². The topological polar surface area (TPSA) is 57.8 Å². The number of H-pyrrole nitrogens is 1. The Morgan fingerprint density at radius 1 is 1.39 bits per heavy atom. The molecule has 1 heterocycles. The minimum atomic E-state index is -0.0642. The molecular weight excluding hydrogens is 226 g/mol. The molecule has 4 heteroatoms. The highest BCUT2D eigenvalue weighted by molar-refractivity contribution is 5.34. The van der Waals surface area contributed by atoms with E-state index >= 15 is 0 Å². The third kappa shape index (κ3) is 3.34. The van der Waals surface area contributed by atoms with Crippen molar-refractivity contribution in [2.75, 3.05) is 5.32 Å². The summed E-state index contributed by atoms with van der Waals surface area (Å²) in [4.78, 5) is 18.7. The molecule has 1 aliphatic rings. The zero-order valence-corrected chi connectivity index (χ0v) is 11.3. The molecule has 2 N–H and O–H groups in total. The lowest BCUT2D eigenvalue weighted by Crippen LogP contribution is -2.28. The molecule has 2 unspecified atom stereocenters. The molecule has 100 valence electrons. The van der Waals surface area contributed by atoms with Gasteiger partial charge < -0.3 is 10.3 Å². The van der Waals surface area contributed by atoms with Crippen molar-refractivity contribution in [1.29, 1.82) is 0 Å². The Hall–Kier alpha value is -1.32. The van der Waals surface area contributed by atoms with Crippen molar-refractivity contribution < 1.29 is 0 Å². The molecule has 0 spiro atoms. The molecular formula is C14H23N3O. The summed E-state index contributed by atoms with van der Waals surface area (Å²) in [5, 5.41) is 3.46. The largest absolute Gasteiger partial charge is 0.367 e. The van der Waals surface area contributed by atoms with Crippen molar-refractivity contribution in [3.05, 3.63) is 22.2 Å². The number of rotatable bonds is 3. The van der Waals surface area contributed by atoms with Crippen molar-refractivity contribution in [2.45, 2.75) is 58.4 Å². The molecule has 1 aliphatic carbocycles. The van der Waals surface area contributed by atoms with Gasteiger partial charge in [-0.15, -0.1) is 0 Å². The molecule has 4 nitrogen and oxygen atoms in total. The molecule has 0 amide bonds. The van der Waals surface area contributed by atoms with E-state index in [2.05, 4.69) is 22.2 Å². The summed E-state index contributed by atoms with van der Waals surface area (Å²) in [7, 11) is 0. The minimum absolute atomic E-state index is 0.0642. The van der Waals surface area contributed by atoms with Crippen LogP contribution in [-0.4, -0.2) is 16.0 Å². The first-order valence-corrected chi connectivity index (χ1v) is 7.06. The maximum Gasteiger partial charge on any atom is 0.252 e. The summed E-state index contributed by atoms with van der Waals surface area (Å²) in [5.41, 5.74) is -0.0642. The van der Waals surface area contributed by atoms with Crippen LogP contribution in [0.5, 0.6) is 0 Å². The molecule has 0 radical (unpaired) electrons. The maximum absolute atomic E-state index is 11.5. The maximum atomic E-state index is 11.5. The van der Waals surface area contributed by atoms with Crippen molar-refractivity contribution in [3.63, 3.8) is 0 Å². The molecule has 1 aromatic heterocycles. The summed E-state index contributed by atoms with van der Waals surface area (Å²) in [6.07, 6.45) is 7.11. The molecule has 0 saturated heterocycles. The fourth-order valence-electron chi connectivity index (χ4n) is 2.65. The molecule has 1 saturated carbocycles. The van der Waals surface area contributed by atoms with Gasteiger partial charge in [0.2, 0.25) is 0 Å². The number of aromatic nitrogens is 2. The van der Waals surface area contributed by atoms with E-state index in [0.717, 1.165) is 18.1 Å². The van der Waals surface area contributed by atoms with Crippen molar-refractivity contribution in [1.82, 2.24) is 9.97 Å². The number of hydrogen-bond donors (Lipinski definition) is 2. The molecule has 18 heavy (non-hydrogen) atoms. The summed E-state index contributed by atoms with van der Waals surface area (Å²) >= 11 is 0. The van der Waals surface area contributed by atoms with Crippen LogP contribution in [0.3, 0.4) is 0 Å².